The van der Waals surface area contributed by atoms with Gasteiger partial charge in [-0.15, -0.1) is 0 Å². The van der Waals surface area contributed by atoms with Gasteiger partial charge in [0.15, 0.2) is 0 Å². The van der Waals surface area contributed by atoms with Crippen LogP contribution in [0.5, 0.6) is 0 Å². The maximum atomic E-state index is 14.6. The van der Waals surface area contributed by atoms with Crippen molar-refractivity contribution in [3.8, 4) is 33.8 Å². The van der Waals surface area contributed by atoms with Crippen LogP contribution in [0.25, 0.3) is 55.6 Å². The van der Waals surface area contributed by atoms with Gasteiger partial charge < -0.3 is 15.2 Å². The number of hydrogen-bond donors (Lipinski definition) is 3. The first-order valence-electron chi connectivity index (χ1n) is 12.1. The van der Waals surface area contributed by atoms with Crippen molar-refractivity contribution in [2.24, 2.45) is 0 Å². The van der Waals surface area contributed by atoms with E-state index in [-0.39, 0.29) is 5.82 Å². The van der Waals surface area contributed by atoms with Gasteiger partial charge in [-0.2, -0.15) is 5.10 Å². The summed E-state index contributed by atoms with van der Waals surface area (Å²) in [7, 11) is 4.03. The normalized spacial score (nSPS) is 11.6. The maximum Gasteiger partial charge on any atom is 0.125 e. The van der Waals surface area contributed by atoms with Crippen LogP contribution >= 0.6 is 0 Å². The number of fused-ring (bicyclic) bond motifs is 2. The number of benzene rings is 2. The van der Waals surface area contributed by atoms with Gasteiger partial charge in [0.05, 0.1) is 23.1 Å². The minimum atomic E-state index is -0.271. The molecule has 2 aromatic carbocycles. The molecular formula is C29H26FN7. The maximum absolute atomic E-state index is 14.6. The molecule has 0 atom stereocenters. The first kappa shape index (κ1) is 22.9. The van der Waals surface area contributed by atoms with E-state index in [1.54, 1.807) is 24.7 Å². The molecular weight excluding hydrogens is 465 g/mol. The number of anilines is 1. The Hall–Kier alpha value is -4.56. The molecule has 4 aromatic heterocycles. The summed E-state index contributed by atoms with van der Waals surface area (Å²) in [5.41, 5.74) is 7.87. The van der Waals surface area contributed by atoms with E-state index < -0.39 is 0 Å². The number of nitrogens with one attached hydrogen (secondary N) is 3. The summed E-state index contributed by atoms with van der Waals surface area (Å²) in [6.45, 7) is 1.59. The molecule has 37 heavy (non-hydrogen) atoms. The summed E-state index contributed by atoms with van der Waals surface area (Å²) < 4.78 is 14.6. The molecule has 0 radical (unpaired) electrons. The minimum Gasteiger partial charge on any atom is -0.384 e. The SMILES string of the molecule is CN(C)CCNc1cc(F)cc(-c2cccc3[nH]c(-c4n[nH]c5cnc(-c6ccncc6)cc45)cc23)c1. The fraction of sp³-hybridized carbons (Fsp3) is 0.138. The predicted molar refractivity (Wildman–Crippen MR) is 147 cm³/mol. The zero-order valence-electron chi connectivity index (χ0n) is 20.6. The Bertz CT molecular complexity index is 1700. The molecule has 0 aliphatic rings. The Balaban J connectivity index is 1.41. The van der Waals surface area contributed by atoms with Gasteiger partial charge in [-0.1, -0.05) is 12.1 Å². The van der Waals surface area contributed by atoms with Gasteiger partial charge in [0.1, 0.15) is 11.5 Å². The van der Waals surface area contributed by atoms with E-state index in [0.717, 1.165) is 74.4 Å². The Morgan fingerprint density at radius 1 is 0.919 bits per heavy atom. The second-order valence-corrected chi connectivity index (χ2v) is 9.33. The highest BCUT2D eigenvalue weighted by molar-refractivity contribution is 6.01. The molecule has 8 heteroatoms. The summed E-state index contributed by atoms with van der Waals surface area (Å²) >= 11 is 0. The number of pyridine rings is 2. The fourth-order valence-corrected chi connectivity index (χ4v) is 4.61. The first-order chi connectivity index (χ1) is 18.0. The van der Waals surface area contributed by atoms with Crippen LogP contribution in [0.3, 0.4) is 0 Å². The molecule has 0 unspecified atom stereocenters. The van der Waals surface area contributed by atoms with Crippen LogP contribution in [0.4, 0.5) is 10.1 Å². The van der Waals surface area contributed by atoms with Crippen molar-refractivity contribution in [3.05, 3.63) is 85.1 Å². The Morgan fingerprint density at radius 2 is 1.78 bits per heavy atom. The summed E-state index contributed by atoms with van der Waals surface area (Å²) in [5.74, 6) is -0.271. The molecule has 0 saturated carbocycles. The van der Waals surface area contributed by atoms with E-state index in [1.807, 2.05) is 56.6 Å². The van der Waals surface area contributed by atoms with Crippen molar-refractivity contribution < 1.29 is 4.39 Å². The summed E-state index contributed by atoms with van der Waals surface area (Å²) in [5, 5.41) is 13.0. The monoisotopic (exact) mass is 491 g/mol. The lowest BCUT2D eigenvalue weighted by molar-refractivity contribution is 0.425. The number of aromatic nitrogens is 5. The highest BCUT2D eigenvalue weighted by Gasteiger charge is 2.15. The number of hydrogen-bond acceptors (Lipinski definition) is 5. The van der Waals surface area contributed by atoms with E-state index in [4.69, 9.17) is 0 Å². The molecule has 184 valence electrons. The van der Waals surface area contributed by atoms with Gasteiger partial charge in [0.25, 0.3) is 0 Å². The molecule has 0 bridgehead atoms. The third kappa shape index (κ3) is 4.54. The summed E-state index contributed by atoms with van der Waals surface area (Å²) in [6.07, 6.45) is 5.31. The number of halogens is 1. The average molecular weight is 492 g/mol. The number of aromatic amines is 2. The van der Waals surface area contributed by atoms with Crippen LogP contribution in [-0.4, -0.2) is 57.2 Å². The highest BCUT2D eigenvalue weighted by atomic mass is 19.1. The molecule has 6 rings (SSSR count). The molecule has 3 N–H and O–H groups in total. The molecule has 0 aliphatic heterocycles. The Kier molecular flexibility index (Phi) is 5.86. The van der Waals surface area contributed by atoms with Crippen LogP contribution in [0.1, 0.15) is 0 Å². The van der Waals surface area contributed by atoms with Crippen molar-refractivity contribution in [1.82, 2.24) is 30.0 Å². The first-order valence-corrected chi connectivity index (χ1v) is 12.1. The van der Waals surface area contributed by atoms with Gasteiger partial charge in [0.2, 0.25) is 0 Å². The molecule has 0 aliphatic carbocycles. The minimum absolute atomic E-state index is 0.271. The van der Waals surface area contributed by atoms with E-state index in [1.165, 1.54) is 6.07 Å². The zero-order chi connectivity index (χ0) is 25.4. The number of rotatable bonds is 7. The smallest absolute Gasteiger partial charge is 0.125 e. The molecule has 0 saturated heterocycles. The van der Waals surface area contributed by atoms with Crippen molar-refractivity contribution in [2.75, 3.05) is 32.5 Å². The topological polar surface area (TPSA) is 85.5 Å². The van der Waals surface area contributed by atoms with Crippen molar-refractivity contribution in [1.29, 1.82) is 0 Å². The van der Waals surface area contributed by atoms with E-state index >= 15 is 0 Å². The lowest BCUT2D eigenvalue weighted by atomic mass is 10.0. The van der Waals surface area contributed by atoms with E-state index in [0.29, 0.717) is 0 Å². The van der Waals surface area contributed by atoms with Gasteiger partial charge in [0, 0.05) is 53.0 Å². The average Bonchev–Trinajstić information content (AvgIpc) is 3.52. The summed E-state index contributed by atoms with van der Waals surface area (Å²) in [4.78, 5) is 14.3. The number of likely N-dealkylation sites (N-methyl/N-ethyl adjacent to an activating group) is 1. The van der Waals surface area contributed by atoms with Crippen molar-refractivity contribution in [3.63, 3.8) is 0 Å². The molecule has 4 heterocycles. The number of nitrogens with zero attached hydrogens (tertiary/aromatic N) is 4. The van der Waals surface area contributed by atoms with Crippen molar-refractivity contribution in [2.45, 2.75) is 0 Å². The van der Waals surface area contributed by atoms with Gasteiger partial charge >= 0.3 is 0 Å². The van der Waals surface area contributed by atoms with Crippen LogP contribution in [0.2, 0.25) is 0 Å². The Labute approximate surface area is 213 Å². The summed E-state index contributed by atoms with van der Waals surface area (Å²) in [6, 6.07) is 19.1. The molecule has 0 amide bonds. The quantitative estimate of drug-likeness (QED) is 0.257. The molecule has 7 nitrogen and oxygen atoms in total. The fourth-order valence-electron chi connectivity index (χ4n) is 4.61. The van der Waals surface area contributed by atoms with Crippen LogP contribution < -0.4 is 5.32 Å². The standard InChI is InChI=1S/C29H26FN7/c1-37(2)11-10-32-21-13-19(12-20(30)14-21)22-4-3-5-25-23(22)15-27(34-25)29-24-16-26(18-6-8-31-9-7-18)33-17-28(24)35-36-29/h3-9,12-17,32,34H,10-11H2,1-2H3,(H,35,36). The molecule has 0 spiro atoms. The molecule has 6 aromatic rings. The zero-order valence-corrected chi connectivity index (χ0v) is 20.6. The van der Waals surface area contributed by atoms with Gasteiger partial charge in [-0.05, 0) is 73.8 Å². The highest BCUT2D eigenvalue weighted by Crippen LogP contribution is 2.35. The van der Waals surface area contributed by atoms with E-state index in [9.17, 15) is 4.39 Å². The van der Waals surface area contributed by atoms with Crippen molar-refractivity contribution >= 4 is 27.5 Å². The van der Waals surface area contributed by atoms with E-state index in [2.05, 4.69) is 41.4 Å². The largest absolute Gasteiger partial charge is 0.384 e. The van der Waals surface area contributed by atoms with Crippen LogP contribution in [-0.2, 0) is 0 Å². The lowest BCUT2D eigenvalue weighted by Gasteiger charge is -2.13. The second-order valence-electron chi connectivity index (χ2n) is 9.33. The van der Waals surface area contributed by atoms with Gasteiger partial charge in [-0.25, -0.2) is 4.39 Å². The Morgan fingerprint density at radius 3 is 2.62 bits per heavy atom. The van der Waals surface area contributed by atoms with Gasteiger partial charge in [-0.3, -0.25) is 15.1 Å². The second kappa shape index (κ2) is 9.48. The lowest BCUT2D eigenvalue weighted by Crippen LogP contribution is -2.20. The third-order valence-corrected chi connectivity index (χ3v) is 6.44. The molecule has 0 fully saturated rings. The third-order valence-electron chi connectivity index (χ3n) is 6.44. The van der Waals surface area contributed by atoms with Crippen LogP contribution in [0.15, 0.2) is 79.3 Å². The number of H-pyrrole nitrogens is 2. The predicted octanol–water partition coefficient (Wildman–Crippen LogP) is 5.95. The van der Waals surface area contributed by atoms with Crippen LogP contribution in [0, 0.1) is 5.82 Å².